The molecule has 0 aromatic carbocycles. The zero-order chi connectivity index (χ0) is 15.7. The Morgan fingerprint density at radius 1 is 1.27 bits per heavy atom. The molecule has 4 aliphatic carbocycles. The molecule has 0 saturated heterocycles. The van der Waals surface area contributed by atoms with Crippen molar-refractivity contribution >= 4 is 5.97 Å². The molecule has 0 amide bonds. The molecule has 2 bridgehead atoms. The number of alkyl halides is 2. The maximum atomic E-state index is 12.9. The predicted molar refractivity (Wildman–Crippen MR) is 83.1 cm³/mol. The molecule has 0 radical (unpaired) electrons. The van der Waals surface area contributed by atoms with Crippen molar-refractivity contribution in [3.8, 4) is 0 Å². The molecule has 0 aromatic heterocycles. The molecule has 0 heterocycles. The number of fused-ring (bicyclic) bond motifs is 8. The molecule has 0 aromatic rings. The quantitative estimate of drug-likeness (QED) is 0.377. The Labute approximate surface area is 145 Å². The molecule has 4 rings (SSSR count). The van der Waals surface area contributed by atoms with Crippen LogP contribution in [-0.4, -0.2) is 19.9 Å². The first-order valence-electron chi connectivity index (χ1n) is 9.23. The Balaban J connectivity index is 1.54. The maximum absolute atomic E-state index is 12.9. The van der Waals surface area contributed by atoms with E-state index in [4.69, 9.17) is 4.74 Å². The number of carbonyl (C=O) groups excluding carboxylic acids is 1. The van der Waals surface area contributed by atoms with Gasteiger partial charge in [-0.1, -0.05) is 0 Å². The van der Waals surface area contributed by atoms with E-state index in [9.17, 15) is 4.79 Å². The van der Waals surface area contributed by atoms with Gasteiger partial charge in [0.05, 0.1) is 0 Å². The molecule has 4 aliphatic rings. The Hall–Kier alpha value is 0.200. The van der Waals surface area contributed by atoms with E-state index in [1.165, 1.54) is 25.7 Å². The standard InChI is InChI=1S/C19H30IO2/c1-5-18(3,20-4)17(21)22-19(6-2)10-11-9-14(19)16-13-8-7-12(13)15(11)16/h11-16H,5-10H2,1-4H3/q-1. The molecule has 0 aliphatic heterocycles. The Morgan fingerprint density at radius 2 is 1.95 bits per heavy atom. The zero-order valence-corrected chi connectivity index (χ0v) is 16.6. The number of esters is 1. The Kier molecular flexibility index (Phi) is 3.64. The summed E-state index contributed by atoms with van der Waals surface area (Å²) in [5.41, 5.74) is -0.0984. The summed E-state index contributed by atoms with van der Waals surface area (Å²) in [5.74, 6) is 5.67. The SMILES string of the molecule is CCC(C)([I-]C)C(=O)OC1(CC)CC2CC1C1C3CCC3C21. The molecular weight excluding hydrogens is 387 g/mol. The molecule has 4 fully saturated rings. The number of rotatable bonds is 5. The van der Waals surface area contributed by atoms with E-state index < -0.39 is 0 Å². The van der Waals surface area contributed by atoms with Crippen LogP contribution in [0.15, 0.2) is 0 Å². The van der Waals surface area contributed by atoms with Gasteiger partial charge in [-0.05, 0) is 0 Å². The van der Waals surface area contributed by atoms with Gasteiger partial charge in [-0.15, -0.1) is 0 Å². The van der Waals surface area contributed by atoms with Crippen molar-refractivity contribution in [1.29, 1.82) is 0 Å². The van der Waals surface area contributed by atoms with Crippen LogP contribution in [0.2, 0.25) is 0 Å². The van der Waals surface area contributed by atoms with Gasteiger partial charge >= 0.3 is 145 Å². The van der Waals surface area contributed by atoms with E-state index in [1.807, 2.05) is 0 Å². The second kappa shape index (κ2) is 5.10. The van der Waals surface area contributed by atoms with Gasteiger partial charge in [-0.2, -0.15) is 0 Å². The third kappa shape index (κ3) is 1.81. The molecule has 22 heavy (non-hydrogen) atoms. The average molecular weight is 417 g/mol. The van der Waals surface area contributed by atoms with Crippen LogP contribution in [0, 0.1) is 35.5 Å². The molecule has 3 heteroatoms. The van der Waals surface area contributed by atoms with Crippen LogP contribution in [0.5, 0.6) is 0 Å². The number of hydrogen-bond donors (Lipinski definition) is 0. The zero-order valence-electron chi connectivity index (χ0n) is 14.4. The van der Waals surface area contributed by atoms with Crippen LogP contribution >= 0.6 is 0 Å². The topological polar surface area (TPSA) is 26.3 Å². The van der Waals surface area contributed by atoms with Crippen LogP contribution in [0.25, 0.3) is 0 Å². The second-order valence-electron chi connectivity index (χ2n) is 8.41. The number of halogens is 1. The summed E-state index contributed by atoms with van der Waals surface area (Å²) in [6.45, 7) is 6.53. The van der Waals surface area contributed by atoms with E-state index in [-0.39, 0.29) is 36.2 Å². The molecule has 8 atom stereocenters. The summed E-state index contributed by atoms with van der Waals surface area (Å²) in [7, 11) is 0. The molecule has 8 unspecified atom stereocenters. The number of ether oxygens (including phenoxy) is 1. The first kappa shape index (κ1) is 15.7. The van der Waals surface area contributed by atoms with Gasteiger partial charge in [-0.25, -0.2) is 0 Å². The summed E-state index contributed by atoms with van der Waals surface area (Å²) in [5, 5.41) is 0. The molecular formula is C19H30IO2-. The van der Waals surface area contributed by atoms with Gasteiger partial charge < -0.3 is 0 Å². The number of hydrogen-bond acceptors (Lipinski definition) is 2. The molecule has 126 valence electrons. The van der Waals surface area contributed by atoms with E-state index in [1.54, 1.807) is 0 Å². The van der Waals surface area contributed by atoms with Crippen molar-refractivity contribution in [1.82, 2.24) is 0 Å². The van der Waals surface area contributed by atoms with E-state index in [0.717, 1.165) is 42.4 Å². The van der Waals surface area contributed by atoms with Crippen molar-refractivity contribution in [2.45, 2.75) is 68.3 Å². The molecule has 4 saturated carbocycles. The first-order chi connectivity index (χ1) is 10.5. The molecule has 0 spiro atoms. The van der Waals surface area contributed by atoms with Gasteiger partial charge in [0.1, 0.15) is 0 Å². The fourth-order valence-electron chi connectivity index (χ4n) is 6.43. The van der Waals surface area contributed by atoms with Crippen LogP contribution < -0.4 is 21.2 Å². The summed E-state index contributed by atoms with van der Waals surface area (Å²) < 4.78 is 6.20. The minimum atomic E-state index is -0.180. The van der Waals surface area contributed by atoms with Gasteiger partial charge in [0.15, 0.2) is 0 Å². The average Bonchev–Trinajstić information content (AvgIpc) is 3.00. The van der Waals surface area contributed by atoms with Crippen molar-refractivity contribution in [3.63, 3.8) is 0 Å². The van der Waals surface area contributed by atoms with Gasteiger partial charge in [0.2, 0.25) is 0 Å². The van der Waals surface area contributed by atoms with Gasteiger partial charge in [0, 0.05) is 0 Å². The van der Waals surface area contributed by atoms with Crippen LogP contribution in [0.4, 0.5) is 0 Å². The predicted octanol–water partition coefficient (Wildman–Crippen LogP) is 0.878. The fourth-order valence-corrected chi connectivity index (χ4v) is 7.74. The van der Waals surface area contributed by atoms with E-state index in [0.29, 0.717) is 5.92 Å². The Morgan fingerprint density at radius 3 is 2.50 bits per heavy atom. The third-order valence-electron chi connectivity index (χ3n) is 8.07. The van der Waals surface area contributed by atoms with Crippen molar-refractivity contribution in [3.05, 3.63) is 0 Å². The first-order valence-corrected chi connectivity index (χ1v) is 12.5. The van der Waals surface area contributed by atoms with E-state index in [2.05, 4.69) is 25.7 Å². The molecule has 2 nitrogen and oxygen atoms in total. The summed E-state index contributed by atoms with van der Waals surface area (Å²) in [6, 6.07) is 0. The fraction of sp³-hybridized carbons (Fsp3) is 0.947. The van der Waals surface area contributed by atoms with Crippen molar-refractivity contribution in [2.75, 3.05) is 4.93 Å². The van der Waals surface area contributed by atoms with Crippen LogP contribution in [0.3, 0.4) is 0 Å². The van der Waals surface area contributed by atoms with Crippen LogP contribution in [0.1, 0.15) is 59.3 Å². The summed E-state index contributed by atoms with van der Waals surface area (Å²) in [6.07, 6.45) is 7.43. The van der Waals surface area contributed by atoms with Crippen molar-refractivity contribution in [2.24, 2.45) is 35.5 Å². The summed E-state index contributed by atoms with van der Waals surface area (Å²) in [4.78, 5) is 15.1. The van der Waals surface area contributed by atoms with E-state index >= 15 is 0 Å². The normalized spacial score (nSPS) is 50.5. The van der Waals surface area contributed by atoms with Crippen LogP contribution in [-0.2, 0) is 9.53 Å². The number of carbonyl (C=O) groups is 1. The Bertz CT molecular complexity index is 486. The summed E-state index contributed by atoms with van der Waals surface area (Å²) >= 11 is -0.126. The van der Waals surface area contributed by atoms with Gasteiger partial charge in [-0.3, -0.25) is 0 Å². The third-order valence-corrected chi connectivity index (χ3v) is 11.7. The van der Waals surface area contributed by atoms with Crippen molar-refractivity contribution < 1.29 is 30.7 Å². The minimum absolute atomic E-state index is 0.0984. The van der Waals surface area contributed by atoms with Gasteiger partial charge in [0.25, 0.3) is 0 Å². The second-order valence-corrected chi connectivity index (χ2v) is 11.9. The molecule has 0 N–H and O–H groups in total. The monoisotopic (exact) mass is 417 g/mol.